The lowest BCUT2D eigenvalue weighted by Gasteiger charge is -2.04. The Morgan fingerprint density at radius 1 is 0.810 bits per heavy atom. The number of hydrogen-bond acceptors (Lipinski definition) is 2. The molecule has 0 amide bonds. The second-order valence-corrected chi connectivity index (χ2v) is 5.11. The van der Waals surface area contributed by atoms with Crippen molar-refractivity contribution in [1.29, 1.82) is 0 Å². The van der Waals surface area contributed by atoms with Crippen molar-refractivity contribution in [3.8, 4) is 11.1 Å². The van der Waals surface area contributed by atoms with Crippen LogP contribution in [0.25, 0.3) is 11.1 Å². The van der Waals surface area contributed by atoms with Gasteiger partial charge < -0.3 is 0 Å². The van der Waals surface area contributed by atoms with Gasteiger partial charge in [-0.05, 0) is 17.5 Å². The standard InChI is InChI=1S/C19H20O2/c1-2-18(20)9-6-10-19(21)17-13-11-16(12-14-17)15-7-4-3-5-8-15/h3-5,7-8,11-14H,2,6,9-10H2,1H3. The molecule has 0 aliphatic rings. The van der Waals surface area contributed by atoms with Crippen LogP contribution < -0.4 is 0 Å². The first kappa shape index (κ1) is 15.2. The molecule has 0 radical (unpaired) electrons. The van der Waals surface area contributed by atoms with E-state index in [-0.39, 0.29) is 11.6 Å². The number of hydrogen-bond donors (Lipinski definition) is 0. The van der Waals surface area contributed by atoms with Crippen LogP contribution in [0.15, 0.2) is 54.6 Å². The minimum absolute atomic E-state index is 0.110. The summed E-state index contributed by atoms with van der Waals surface area (Å²) in [7, 11) is 0. The molecule has 0 aliphatic heterocycles. The van der Waals surface area contributed by atoms with E-state index in [1.165, 1.54) is 0 Å². The van der Waals surface area contributed by atoms with Gasteiger partial charge in [-0.1, -0.05) is 61.5 Å². The van der Waals surface area contributed by atoms with Crippen molar-refractivity contribution < 1.29 is 9.59 Å². The summed E-state index contributed by atoms with van der Waals surface area (Å²) in [5.41, 5.74) is 2.97. The summed E-state index contributed by atoms with van der Waals surface area (Å²) in [5, 5.41) is 0. The van der Waals surface area contributed by atoms with E-state index in [9.17, 15) is 9.59 Å². The number of rotatable bonds is 7. The maximum Gasteiger partial charge on any atom is 0.162 e. The van der Waals surface area contributed by atoms with Crippen LogP contribution >= 0.6 is 0 Å². The van der Waals surface area contributed by atoms with Crippen LogP contribution in [0, 0.1) is 0 Å². The Morgan fingerprint density at radius 2 is 1.43 bits per heavy atom. The normalized spacial score (nSPS) is 10.3. The monoisotopic (exact) mass is 280 g/mol. The average molecular weight is 280 g/mol. The third-order valence-electron chi connectivity index (χ3n) is 3.57. The zero-order chi connectivity index (χ0) is 15.1. The van der Waals surface area contributed by atoms with Crippen LogP contribution in [0.3, 0.4) is 0 Å². The highest BCUT2D eigenvalue weighted by molar-refractivity contribution is 5.96. The SMILES string of the molecule is CCC(=O)CCCC(=O)c1ccc(-c2ccccc2)cc1. The van der Waals surface area contributed by atoms with Gasteiger partial charge in [0, 0.05) is 24.8 Å². The highest BCUT2D eigenvalue weighted by Crippen LogP contribution is 2.20. The molecule has 0 fully saturated rings. The van der Waals surface area contributed by atoms with E-state index in [0.717, 1.165) is 16.7 Å². The Morgan fingerprint density at radius 3 is 2.05 bits per heavy atom. The number of ketones is 2. The topological polar surface area (TPSA) is 34.1 Å². The molecule has 2 aromatic rings. The van der Waals surface area contributed by atoms with Crippen molar-refractivity contribution in [2.24, 2.45) is 0 Å². The lowest BCUT2D eigenvalue weighted by atomic mass is 10.00. The lowest BCUT2D eigenvalue weighted by Crippen LogP contribution is -2.01. The molecule has 0 aliphatic carbocycles. The first-order valence-corrected chi connectivity index (χ1v) is 7.41. The molecule has 0 aromatic heterocycles. The largest absolute Gasteiger partial charge is 0.300 e. The minimum Gasteiger partial charge on any atom is -0.300 e. The van der Waals surface area contributed by atoms with Crippen molar-refractivity contribution in [2.75, 3.05) is 0 Å². The molecule has 0 atom stereocenters. The van der Waals surface area contributed by atoms with Crippen molar-refractivity contribution in [2.45, 2.75) is 32.6 Å². The van der Waals surface area contributed by atoms with Gasteiger partial charge in [0.25, 0.3) is 0 Å². The molecule has 2 rings (SSSR count). The van der Waals surface area contributed by atoms with Crippen LogP contribution in [0.2, 0.25) is 0 Å². The molecule has 108 valence electrons. The zero-order valence-corrected chi connectivity index (χ0v) is 12.3. The molecule has 0 spiro atoms. The number of carbonyl (C=O) groups is 2. The summed E-state index contributed by atoms with van der Waals surface area (Å²) in [6, 6.07) is 17.8. The van der Waals surface area contributed by atoms with E-state index >= 15 is 0 Å². The van der Waals surface area contributed by atoms with Crippen molar-refractivity contribution >= 4 is 11.6 Å². The lowest BCUT2D eigenvalue weighted by molar-refractivity contribution is -0.118. The van der Waals surface area contributed by atoms with E-state index in [1.54, 1.807) is 0 Å². The van der Waals surface area contributed by atoms with Crippen LogP contribution in [0.4, 0.5) is 0 Å². The van der Waals surface area contributed by atoms with Crippen molar-refractivity contribution in [1.82, 2.24) is 0 Å². The third kappa shape index (κ3) is 4.38. The average Bonchev–Trinajstić information content (AvgIpc) is 2.55. The van der Waals surface area contributed by atoms with Gasteiger partial charge in [-0.15, -0.1) is 0 Å². The molecule has 2 heteroatoms. The number of carbonyl (C=O) groups excluding carboxylic acids is 2. The van der Waals surface area contributed by atoms with Gasteiger partial charge >= 0.3 is 0 Å². The summed E-state index contributed by atoms with van der Waals surface area (Å²) >= 11 is 0. The Labute approximate surface area is 125 Å². The third-order valence-corrected chi connectivity index (χ3v) is 3.57. The van der Waals surface area contributed by atoms with E-state index in [0.29, 0.717) is 25.7 Å². The molecule has 0 bridgehead atoms. The molecule has 21 heavy (non-hydrogen) atoms. The second kappa shape index (κ2) is 7.53. The van der Waals surface area contributed by atoms with E-state index in [1.807, 2.05) is 61.5 Å². The molecule has 0 saturated carbocycles. The number of Topliss-reactive ketones (excluding diaryl/α,β-unsaturated/α-hetero) is 2. The van der Waals surface area contributed by atoms with Gasteiger partial charge in [0.1, 0.15) is 5.78 Å². The zero-order valence-electron chi connectivity index (χ0n) is 12.3. The van der Waals surface area contributed by atoms with Gasteiger partial charge in [-0.25, -0.2) is 0 Å². The summed E-state index contributed by atoms with van der Waals surface area (Å²) in [4.78, 5) is 23.3. The predicted molar refractivity (Wildman–Crippen MR) is 85.4 cm³/mol. The summed E-state index contributed by atoms with van der Waals surface area (Å²) < 4.78 is 0. The minimum atomic E-state index is 0.110. The molecule has 0 unspecified atom stereocenters. The maximum atomic E-state index is 12.1. The molecular formula is C19H20O2. The van der Waals surface area contributed by atoms with E-state index in [4.69, 9.17) is 0 Å². The fourth-order valence-electron chi connectivity index (χ4n) is 2.25. The highest BCUT2D eigenvalue weighted by atomic mass is 16.1. The maximum absolute atomic E-state index is 12.1. The highest BCUT2D eigenvalue weighted by Gasteiger charge is 2.07. The smallest absolute Gasteiger partial charge is 0.162 e. The van der Waals surface area contributed by atoms with Gasteiger partial charge in [0.15, 0.2) is 5.78 Å². The van der Waals surface area contributed by atoms with Crippen molar-refractivity contribution in [3.05, 3.63) is 60.2 Å². The fraction of sp³-hybridized carbons (Fsp3) is 0.263. The molecule has 0 heterocycles. The molecule has 2 nitrogen and oxygen atoms in total. The molecule has 0 N–H and O–H groups in total. The Balaban J connectivity index is 1.96. The first-order chi connectivity index (χ1) is 10.2. The van der Waals surface area contributed by atoms with Gasteiger partial charge in [0.05, 0.1) is 0 Å². The Hall–Kier alpha value is -2.22. The molecule has 2 aromatic carbocycles. The summed E-state index contributed by atoms with van der Waals surface area (Å²) in [6.45, 7) is 1.85. The molecule has 0 saturated heterocycles. The second-order valence-electron chi connectivity index (χ2n) is 5.11. The first-order valence-electron chi connectivity index (χ1n) is 7.41. The Kier molecular flexibility index (Phi) is 5.44. The Bertz CT molecular complexity index is 597. The summed E-state index contributed by atoms with van der Waals surface area (Å²) in [5.74, 6) is 0.334. The van der Waals surface area contributed by atoms with E-state index in [2.05, 4.69) is 0 Å². The number of benzene rings is 2. The van der Waals surface area contributed by atoms with Crippen molar-refractivity contribution in [3.63, 3.8) is 0 Å². The van der Waals surface area contributed by atoms with Crippen LogP contribution in [-0.4, -0.2) is 11.6 Å². The van der Waals surface area contributed by atoms with Gasteiger partial charge in [0.2, 0.25) is 0 Å². The van der Waals surface area contributed by atoms with Gasteiger partial charge in [-0.2, -0.15) is 0 Å². The molecular weight excluding hydrogens is 260 g/mol. The van der Waals surface area contributed by atoms with Crippen LogP contribution in [-0.2, 0) is 4.79 Å². The van der Waals surface area contributed by atoms with Crippen LogP contribution in [0.1, 0.15) is 43.0 Å². The quantitative estimate of drug-likeness (QED) is 0.690. The van der Waals surface area contributed by atoms with Gasteiger partial charge in [-0.3, -0.25) is 9.59 Å². The van der Waals surface area contributed by atoms with Crippen LogP contribution in [0.5, 0.6) is 0 Å². The van der Waals surface area contributed by atoms with E-state index < -0.39 is 0 Å². The fourth-order valence-corrected chi connectivity index (χ4v) is 2.25. The predicted octanol–water partition coefficient (Wildman–Crippen LogP) is 4.69. The summed E-state index contributed by atoms with van der Waals surface area (Å²) in [6.07, 6.45) is 2.15.